The van der Waals surface area contributed by atoms with Crippen molar-refractivity contribution >= 4 is 0 Å². The zero-order valence-corrected chi connectivity index (χ0v) is 10.9. The molecule has 1 fully saturated rings. The van der Waals surface area contributed by atoms with Gasteiger partial charge in [-0.25, -0.2) is 0 Å². The summed E-state index contributed by atoms with van der Waals surface area (Å²) in [5.74, 6) is 0.587. The van der Waals surface area contributed by atoms with Gasteiger partial charge in [0.15, 0.2) is 0 Å². The van der Waals surface area contributed by atoms with Gasteiger partial charge in [0, 0.05) is 18.4 Å². The molecule has 1 aromatic rings. The summed E-state index contributed by atoms with van der Waals surface area (Å²) >= 11 is 0. The lowest BCUT2D eigenvalue weighted by atomic mass is 9.92. The fourth-order valence-electron chi connectivity index (χ4n) is 2.95. The number of hydrogen-bond acceptors (Lipinski definition) is 3. The van der Waals surface area contributed by atoms with Gasteiger partial charge in [0.05, 0.1) is 0 Å². The van der Waals surface area contributed by atoms with Gasteiger partial charge in [0.2, 0.25) is 0 Å². The van der Waals surface area contributed by atoms with Crippen molar-refractivity contribution in [2.24, 2.45) is 11.7 Å². The Kier molecular flexibility index (Phi) is 4.13. The minimum atomic E-state index is 0.480. The maximum atomic E-state index is 5.92. The number of aromatic nitrogens is 1. The Morgan fingerprint density at radius 2 is 2.35 bits per heavy atom. The van der Waals surface area contributed by atoms with E-state index in [2.05, 4.69) is 29.8 Å². The summed E-state index contributed by atoms with van der Waals surface area (Å²) in [6.07, 6.45) is 6.31. The van der Waals surface area contributed by atoms with Gasteiger partial charge in [-0.3, -0.25) is 9.88 Å². The van der Waals surface area contributed by atoms with Crippen LogP contribution in [-0.2, 0) is 0 Å². The second-order valence-electron chi connectivity index (χ2n) is 5.00. The van der Waals surface area contributed by atoms with Crippen molar-refractivity contribution in [2.75, 3.05) is 19.6 Å². The minimum absolute atomic E-state index is 0.480. The fraction of sp³-hybridized carbons (Fsp3) is 0.643. The molecule has 0 aromatic carbocycles. The first-order valence-electron chi connectivity index (χ1n) is 6.62. The zero-order chi connectivity index (χ0) is 12.3. The second-order valence-corrected chi connectivity index (χ2v) is 5.00. The Morgan fingerprint density at radius 1 is 1.53 bits per heavy atom. The lowest BCUT2D eigenvalue weighted by Crippen LogP contribution is -2.29. The summed E-state index contributed by atoms with van der Waals surface area (Å²) in [5, 5.41) is 0. The van der Waals surface area contributed by atoms with E-state index in [-0.39, 0.29) is 0 Å². The molecular weight excluding hydrogens is 210 g/mol. The molecule has 2 heterocycles. The highest BCUT2D eigenvalue weighted by Gasteiger charge is 2.34. The third kappa shape index (κ3) is 2.50. The summed E-state index contributed by atoms with van der Waals surface area (Å²) in [6, 6.07) is 2.58. The molecule has 1 saturated heterocycles. The van der Waals surface area contributed by atoms with E-state index in [4.69, 9.17) is 5.73 Å². The van der Waals surface area contributed by atoms with Gasteiger partial charge in [-0.2, -0.15) is 0 Å². The molecular formula is C14H23N3. The maximum absolute atomic E-state index is 5.92. The molecule has 1 aromatic heterocycles. The van der Waals surface area contributed by atoms with Crippen molar-refractivity contribution in [3.63, 3.8) is 0 Å². The van der Waals surface area contributed by atoms with Crippen LogP contribution < -0.4 is 5.73 Å². The molecule has 0 aliphatic carbocycles. The Labute approximate surface area is 104 Å². The van der Waals surface area contributed by atoms with Crippen LogP contribution in [0.4, 0.5) is 0 Å². The average Bonchev–Trinajstić information content (AvgIpc) is 2.73. The smallest absolute Gasteiger partial charge is 0.0406 e. The van der Waals surface area contributed by atoms with Crippen molar-refractivity contribution in [3.05, 3.63) is 29.6 Å². The molecule has 0 radical (unpaired) electrons. The largest absolute Gasteiger partial charge is 0.330 e. The van der Waals surface area contributed by atoms with E-state index in [0.29, 0.717) is 12.0 Å². The highest BCUT2D eigenvalue weighted by atomic mass is 15.2. The van der Waals surface area contributed by atoms with Crippen molar-refractivity contribution in [1.29, 1.82) is 0 Å². The Balaban J connectivity index is 2.28. The molecule has 2 unspecified atom stereocenters. The number of likely N-dealkylation sites (tertiary alicyclic amines) is 1. The van der Waals surface area contributed by atoms with E-state index < -0.39 is 0 Å². The number of rotatable bonds is 4. The van der Waals surface area contributed by atoms with Crippen LogP contribution in [0.5, 0.6) is 0 Å². The first-order valence-corrected chi connectivity index (χ1v) is 6.62. The van der Waals surface area contributed by atoms with Crippen molar-refractivity contribution < 1.29 is 0 Å². The predicted octanol–water partition coefficient (Wildman–Crippen LogP) is 2.12. The normalized spacial score (nSPS) is 25.4. The molecule has 94 valence electrons. The Morgan fingerprint density at radius 3 is 3.00 bits per heavy atom. The maximum Gasteiger partial charge on any atom is 0.0406 e. The van der Waals surface area contributed by atoms with Gasteiger partial charge in [0.25, 0.3) is 0 Å². The molecule has 3 nitrogen and oxygen atoms in total. The minimum Gasteiger partial charge on any atom is -0.330 e. The third-order valence-corrected chi connectivity index (χ3v) is 3.84. The van der Waals surface area contributed by atoms with Crippen LogP contribution >= 0.6 is 0 Å². The number of pyridine rings is 1. The molecule has 2 atom stereocenters. The van der Waals surface area contributed by atoms with Crippen LogP contribution in [0.1, 0.15) is 36.9 Å². The highest BCUT2D eigenvalue weighted by molar-refractivity contribution is 5.27. The number of aryl methyl sites for hydroxylation is 1. The first kappa shape index (κ1) is 12.5. The lowest BCUT2D eigenvalue weighted by molar-refractivity contribution is 0.229. The van der Waals surface area contributed by atoms with Gasteiger partial charge in [-0.05, 0) is 62.5 Å². The average molecular weight is 233 g/mol. The molecule has 1 aliphatic heterocycles. The summed E-state index contributed by atoms with van der Waals surface area (Å²) in [5.41, 5.74) is 8.63. The molecule has 0 amide bonds. The molecule has 0 spiro atoms. The van der Waals surface area contributed by atoms with Gasteiger partial charge < -0.3 is 5.73 Å². The van der Waals surface area contributed by atoms with Crippen molar-refractivity contribution in [2.45, 2.75) is 32.7 Å². The van der Waals surface area contributed by atoms with Gasteiger partial charge in [-0.1, -0.05) is 6.92 Å². The lowest BCUT2D eigenvalue weighted by Gasteiger charge is -2.28. The molecule has 0 saturated carbocycles. The van der Waals surface area contributed by atoms with E-state index in [0.717, 1.165) is 13.1 Å². The van der Waals surface area contributed by atoms with E-state index in [1.165, 1.54) is 30.5 Å². The summed E-state index contributed by atoms with van der Waals surface area (Å²) < 4.78 is 0. The topological polar surface area (TPSA) is 42.1 Å². The zero-order valence-electron chi connectivity index (χ0n) is 10.9. The summed E-state index contributed by atoms with van der Waals surface area (Å²) in [4.78, 5) is 6.86. The van der Waals surface area contributed by atoms with Crippen LogP contribution in [0, 0.1) is 12.8 Å². The van der Waals surface area contributed by atoms with Crippen LogP contribution in [-0.4, -0.2) is 29.5 Å². The quantitative estimate of drug-likeness (QED) is 0.866. The van der Waals surface area contributed by atoms with Gasteiger partial charge in [0.1, 0.15) is 0 Å². The highest BCUT2D eigenvalue weighted by Crippen LogP contribution is 2.37. The van der Waals surface area contributed by atoms with E-state index in [1.807, 2.05) is 12.4 Å². The molecule has 2 rings (SSSR count). The van der Waals surface area contributed by atoms with Crippen LogP contribution in [0.25, 0.3) is 0 Å². The number of hydrogen-bond donors (Lipinski definition) is 1. The predicted molar refractivity (Wildman–Crippen MR) is 70.7 cm³/mol. The molecule has 1 aliphatic rings. The van der Waals surface area contributed by atoms with Crippen molar-refractivity contribution in [1.82, 2.24) is 9.88 Å². The van der Waals surface area contributed by atoms with Crippen molar-refractivity contribution in [3.8, 4) is 0 Å². The van der Waals surface area contributed by atoms with Crippen LogP contribution in [0.2, 0.25) is 0 Å². The Bertz CT molecular complexity index is 364. The molecule has 2 N–H and O–H groups in total. The Hall–Kier alpha value is -0.930. The van der Waals surface area contributed by atoms with Crippen LogP contribution in [0.3, 0.4) is 0 Å². The SMILES string of the molecule is CCCN1CCC(CN)C1c1cnccc1C. The van der Waals surface area contributed by atoms with E-state index >= 15 is 0 Å². The van der Waals surface area contributed by atoms with E-state index in [9.17, 15) is 0 Å². The summed E-state index contributed by atoms with van der Waals surface area (Å²) in [6.45, 7) is 7.53. The summed E-state index contributed by atoms with van der Waals surface area (Å²) in [7, 11) is 0. The molecule has 0 bridgehead atoms. The second kappa shape index (κ2) is 5.61. The monoisotopic (exact) mass is 233 g/mol. The first-order chi connectivity index (χ1) is 8.27. The molecule has 17 heavy (non-hydrogen) atoms. The number of nitrogens with zero attached hydrogens (tertiary/aromatic N) is 2. The van der Waals surface area contributed by atoms with Gasteiger partial charge >= 0.3 is 0 Å². The van der Waals surface area contributed by atoms with E-state index in [1.54, 1.807) is 0 Å². The number of nitrogens with two attached hydrogens (primary N) is 1. The third-order valence-electron chi connectivity index (χ3n) is 3.84. The van der Waals surface area contributed by atoms with Gasteiger partial charge in [-0.15, -0.1) is 0 Å². The fourth-order valence-corrected chi connectivity index (χ4v) is 2.95. The van der Waals surface area contributed by atoms with Crippen LogP contribution in [0.15, 0.2) is 18.5 Å². The standard InChI is InChI=1S/C14H23N3/c1-3-7-17-8-5-12(9-15)14(17)13-10-16-6-4-11(13)2/h4,6,10,12,14H,3,5,7-9,15H2,1-2H3. The molecule has 3 heteroatoms.